The molecule has 0 unspecified atom stereocenters. The number of rotatable bonds is 5. The van der Waals surface area contributed by atoms with Crippen LogP contribution in [0.25, 0.3) is 0 Å². The first-order valence-electron chi connectivity index (χ1n) is 7.24. The Labute approximate surface area is 124 Å². The van der Waals surface area contributed by atoms with Gasteiger partial charge in [0.05, 0.1) is 12.5 Å². The molecule has 1 heterocycles. The highest BCUT2D eigenvalue weighted by atomic mass is 16.5. The quantitative estimate of drug-likeness (QED) is 0.770. The third kappa shape index (κ3) is 3.86. The van der Waals surface area contributed by atoms with Gasteiger partial charge in [-0.3, -0.25) is 9.59 Å². The van der Waals surface area contributed by atoms with Crippen molar-refractivity contribution in [3.8, 4) is 0 Å². The molecule has 0 spiro atoms. The first kappa shape index (κ1) is 17.3. The van der Waals surface area contributed by atoms with E-state index < -0.39 is 17.4 Å². The SMILES string of the molecule is CCN(CC(=O)OC)C(=O)N1CCC(CC)(C(=O)O)CC1. The lowest BCUT2D eigenvalue weighted by Gasteiger charge is -2.39. The van der Waals surface area contributed by atoms with Crippen molar-refractivity contribution in [2.45, 2.75) is 33.1 Å². The second-order valence-electron chi connectivity index (χ2n) is 5.30. The van der Waals surface area contributed by atoms with Gasteiger partial charge < -0.3 is 19.6 Å². The van der Waals surface area contributed by atoms with E-state index in [1.807, 2.05) is 6.92 Å². The van der Waals surface area contributed by atoms with Crippen molar-refractivity contribution in [1.82, 2.24) is 9.80 Å². The molecule has 1 saturated heterocycles. The van der Waals surface area contributed by atoms with E-state index in [1.165, 1.54) is 12.0 Å². The fourth-order valence-electron chi connectivity index (χ4n) is 2.58. The van der Waals surface area contributed by atoms with Gasteiger partial charge in [-0.15, -0.1) is 0 Å². The fraction of sp³-hybridized carbons (Fsp3) is 0.786. The Kier molecular flexibility index (Phi) is 5.99. The molecule has 1 aliphatic rings. The van der Waals surface area contributed by atoms with Crippen LogP contribution >= 0.6 is 0 Å². The molecule has 0 aliphatic carbocycles. The van der Waals surface area contributed by atoms with E-state index in [0.717, 1.165) is 0 Å². The minimum atomic E-state index is -0.793. The molecule has 0 atom stereocenters. The molecule has 1 fully saturated rings. The average molecular weight is 300 g/mol. The molecule has 2 amide bonds. The minimum Gasteiger partial charge on any atom is -0.481 e. The number of ether oxygens (including phenoxy) is 1. The number of likely N-dealkylation sites (N-methyl/N-ethyl adjacent to an activating group) is 1. The van der Waals surface area contributed by atoms with Gasteiger partial charge in [0, 0.05) is 19.6 Å². The Morgan fingerprint density at radius 2 is 1.81 bits per heavy atom. The van der Waals surface area contributed by atoms with Crippen molar-refractivity contribution >= 4 is 18.0 Å². The van der Waals surface area contributed by atoms with Gasteiger partial charge in [-0.25, -0.2) is 4.79 Å². The fourth-order valence-corrected chi connectivity index (χ4v) is 2.58. The van der Waals surface area contributed by atoms with Crippen LogP contribution in [0.4, 0.5) is 4.79 Å². The molecule has 21 heavy (non-hydrogen) atoms. The number of amides is 2. The zero-order valence-electron chi connectivity index (χ0n) is 12.9. The van der Waals surface area contributed by atoms with Gasteiger partial charge in [-0.05, 0) is 26.2 Å². The third-order valence-corrected chi connectivity index (χ3v) is 4.32. The summed E-state index contributed by atoms with van der Waals surface area (Å²) in [6, 6.07) is -0.238. The molecule has 7 heteroatoms. The lowest BCUT2D eigenvalue weighted by atomic mass is 9.76. The van der Waals surface area contributed by atoms with Gasteiger partial charge in [0.15, 0.2) is 0 Å². The number of nitrogens with zero attached hydrogens (tertiary/aromatic N) is 2. The highest BCUT2D eigenvalue weighted by Gasteiger charge is 2.41. The van der Waals surface area contributed by atoms with E-state index >= 15 is 0 Å². The number of carbonyl (C=O) groups excluding carboxylic acids is 2. The van der Waals surface area contributed by atoms with Crippen molar-refractivity contribution < 1.29 is 24.2 Å². The van der Waals surface area contributed by atoms with Gasteiger partial charge in [0.2, 0.25) is 0 Å². The maximum absolute atomic E-state index is 12.3. The van der Waals surface area contributed by atoms with Crippen LogP contribution in [-0.4, -0.2) is 66.2 Å². The summed E-state index contributed by atoms with van der Waals surface area (Å²) in [5.74, 6) is -1.25. The molecule has 1 N–H and O–H groups in total. The summed E-state index contributed by atoms with van der Waals surface area (Å²) in [6.45, 7) is 4.77. The summed E-state index contributed by atoms with van der Waals surface area (Å²) >= 11 is 0. The molecule has 1 aliphatic heterocycles. The lowest BCUT2D eigenvalue weighted by Crippen LogP contribution is -2.51. The van der Waals surface area contributed by atoms with Crippen LogP contribution < -0.4 is 0 Å². The second kappa shape index (κ2) is 7.28. The number of aliphatic carboxylic acids is 1. The molecule has 120 valence electrons. The Morgan fingerprint density at radius 1 is 1.24 bits per heavy atom. The number of methoxy groups -OCH3 is 1. The number of urea groups is 1. The van der Waals surface area contributed by atoms with Crippen LogP contribution in [0.2, 0.25) is 0 Å². The van der Waals surface area contributed by atoms with Crippen molar-refractivity contribution in [3.63, 3.8) is 0 Å². The Morgan fingerprint density at radius 3 is 2.19 bits per heavy atom. The molecular weight excluding hydrogens is 276 g/mol. The molecule has 0 radical (unpaired) electrons. The molecule has 0 aromatic heterocycles. The molecule has 0 aromatic carbocycles. The number of hydrogen-bond acceptors (Lipinski definition) is 4. The van der Waals surface area contributed by atoms with Gasteiger partial charge in [0.25, 0.3) is 0 Å². The number of carbonyl (C=O) groups is 3. The molecule has 7 nitrogen and oxygen atoms in total. The Balaban J connectivity index is 2.65. The zero-order chi connectivity index (χ0) is 16.0. The number of carboxylic acid groups (broad SMARTS) is 1. The number of likely N-dealkylation sites (tertiary alicyclic amines) is 1. The number of carboxylic acids is 1. The smallest absolute Gasteiger partial charge is 0.325 e. The van der Waals surface area contributed by atoms with Gasteiger partial charge >= 0.3 is 18.0 Å². The van der Waals surface area contributed by atoms with E-state index in [-0.39, 0.29) is 12.6 Å². The van der Waals surface area contributed by atoms with E-state index in [1.54, 1.807) is 11.8 Å². The van der Waals surface area contributed by atoms with Crippen molar-refractivity contribution in [2.24, 2.45) is 5.41 Å². The van der Waals surface area contributed by atoms with E-state index in [0.29, 0.717) is 38.9 Å². The summed E-state index contributed by atoms with van der Waals surface area (Å²) in [5.41, 5.74) is -0.726. The summed E-state index contributed by atoms with van der Waals surface area (Å²) in [7, 11) is 1.28. The molecular formula is C14H24N2O5. The van der Waals surface area contributed by atoms with E-state index in [9.17, 15) is 19.5 Å². The van der Waals surface area contributed by atoms with Crippen LogP contribution in [0.1, 0.15) is 33.1 Å². The summed E-state index contributed by atoms with van der Waals surface area (Å²) in [6.07, 6.45) is 1.45. The number of hydrogen-bond donors (Lipinski definition) is 1. The first-order valence-corrected chi connectivity index (χ1v) is 7.24. The zero-order valence-corrected chi connectivity index (χ0v) is 12.9. The molecule has 0 aromatic rings. The van der Waals surface area contributed by atoms with Gasteiger partial charge in [-0.1, -0.05) is 6.92 Å². The highest BCUT2D eigenvalue weighted by Crippen LogP contribution is 2.35. The van der Waals surface area contributed by atoms with Crippen molar-refractivity contribution in [1.29, 1.82) is 0 Å². The van der Waals surface area contributed by atoms with Crippen LogP contribution in [0.5, 0.6) is 0 Å². The third-order valence-electron chi connectivity index (χ3n) is 4.32. The summed E-state index contributed by atoms with van der Waals surface area (Å²) in [5, 5.41) is 9.34. The maximum atomic E-state index is 12.3. The average Bonchev–Trinajstić information content (AvgIpc) is 2.51. The van der Waals surface area contributed by atoms with Crippen molar-refractivity contribution in [3.05, 3.63) is 0 Å². The largest absolute Gasteiger partial charge is 0.481 e. The van der Waals surface area contributed by atoms with Crippen molar-refractivity contribution in [2.75, 3.05) is 33.3 Å². The van der Waals surface area contributed by atoms with Crippen LogP contribution in [0, 0.1) is 5.41 Å². The standard InChI is InChI=1S/C14H24N2O5/c1-4-14(12(18)19)6-8-16(9-7-14)13(20)15(5-2)10-11(17)21-3/h4-10H2,1-3H3,(H,18,19). The van der Waals surface area contributed by atoms with Crippen LogP contribution in [-0.2, 0) is 14.3 Å². The van der Waals surface area contributed by atoms with Crippen LogP contribution in [0.15, 0.2) is 0 Å². The number of piperidine rings is 1. The van der Waals surface area contributed by atoms with Gasteiger partial charge in [-0.2, -0.15) is 0 Å². The predicted octanol–water partition coefficient (Wildman–Crippen LogP) is 1.18. The summed E-state index contributed by atoms with van der Waals surface area (Å²) in [4.78, 5) is 38.0. The van der Waals surface area contributed by atoms with E-state index in [2.05, 4.69) is 4.74 Å². The molecule has 1 rings (SSSR count). The lowest BCUT2D eigenvalue weighted by molar-refractivity contribution is -0.152. The van der Waals surface area contributed by atoms with Crippen LogP contribution in [0.3, 0.4) is 0 Å². The Bertz CT molecular complexity index is 402. The number of esters is 1. The molecule has 0 saturated carbocycles. The first-order chi connectivity index (χ1) is 9.90. The highest BCUT2D eigenvalue weighted by molar-refractivity contribution is 5.81. The second-order valence-corrected chi connectivity index (χ2v) is 5.30. The predicted molar refractivity (Wildman–Crippen MR) is 75.8 cm³/mol. The Hall–Kier alpha value is -1.79. The van der Waals surface area contributed by atoms with Gasteiger partial charge in [0.1, 0.15) is 6.54 Å². The molecule has 0 bridgehead atoms. The topological polar surface area (TPSA) is 87.2 Å². The maximum Gasteiger partial charge on any atom is 0.325 e. The normalized spacial score (nSPS) is 17.2. The monoisotopic (exact) mass is 300 g/mol. The van der Waals surface area contributed by atoms with E-state index in [4.69, 9.17) is 0 Å². The summed E-state index contributed by atoms with van der Waals surface area (Å²) < 4.78 is 4.57. The minimum absolute atomic E-state index is 0.0832.